The molecule has 0 fully saturated rings. The molecule has 2 heterocycles. The second-order valence-corrected chi connectivity index (χ2v) is 7.32. The molecule has 0 spiro atoms. The van der Waals surface area contributed by atoms with Crippen LogP contribution in [0.2, 0.25) is 0 Å². The van der Waals surface area contributed by atoms with Crippen molar-refractivity contribution in [2.24, 2.45) is 0 Å². The van der Waals surface area contributed by atoms with Crippen LogP contribution in [0.5, 0.6) is 5.75 Å². The van der Waals surface area contributed by atoms with E-state index in [4.69, 9.17) is 9.72 Å². The Kier molecular flexibility index (Phi) is 4.60. The van der Waals surface area contributed by atoms with Crippen LogP contribution in [0.1, 0.15) is 16.7 Å². The van der Waals surface area contributed by atoms with E-state index in [9.17, 15) is 4.39 Å². The minimum atomic E-state index is -0.256. The summed E-state index contributed by atoms with van der Waals surface area (Å²) in [5.41, 5.74) is 4.11. The molecule has 4 aromatic rings. The van der Waals surface area contributed by atoms with Crippen molar-refractivity contribution in [1.82, 2.24) is 4.98 Å². The number of hydrogen-bond acceptors (Lipinski definition) is 3. The van der Waals surface area contributed by atoms with Gasteiger partial charge in [-0.2, -0.15) is 0 Å². The Bertz CT molecular complexity index is 1170. The average Bonchev–Trinajstić information content (AvgIpc) is 2.78. The van der Waals surface area contributed by atoms with Crippen LogP contribution in [0.15, 0.2) is 78.9 Å². The first-order chi connectivity index (χ1) is 14.3. The van der Waals surface area contributed by atoms with Gasteiger partial charge in [0.2, 0.25) is 0 Å². The van der Waals surface area contributed by atoms with Crippen molar-refractivity contribution in [3.8, 4) is 5.75 Å². The van der Waals surface area contributed by atoms with Crippen LogP contribution in [0.4, 0.5) is 10.2 Å². The molecule has 0 amide bonds. The fraction of sp³-hybridized carbons (Fsp3) is 0.160. The highest BCUT2D eigenvalue weighted by atomic mass is 19.1. The summed E-state index contributed by atoms with van der Waals surface area (Å²) in [6.45, 7) is 1.97. The standard InChI is InChI=1S/C25H21FN2O/c26-22-10-4-3-8-21(22)17-29-23-11-5-9-19-12-13-24(27-25(19)23)28-15-14-18-6-1-2-7-20(18)16-28/h1-13H,14-17H2. The maximum absolute atomic E-state index is 13.9. The molecule has 5 rings (SSSR count). The first-order valence-corrected chi connectivity index (χ1v) is 9.86. The molecule has 29 heavy (non-hydrogen) atoms. The van der Waals surface area contributed by atoms with Gasteiger partial charge in [0.25, 0.3) is 0 Å². The van der Waals surface area contributed by atoms with Crippen molar-refractivity contribution in [2.45, 2.75) is 19.6 Å². The minimum absolute atomic E-state index is 0.175. The van der Waals surface area contributed by atoms with Gasteiger partial charge in [-0.15, -0.1) is 0 Å². The van der Waals surface area contributed by atoms with Crippen LogP contribution < -0.4 is 9.64 Å². The van der Waals surface area contributed by atoms with Gasteiger partial charge in [0, 0.05) is 24.0 Å². The Morgan fingerprint density at radius 2 is 1.69 bits per heavy atom. The van der Waals surface area contributed by atoms with E-state index in [1.54, 1.807) is 12.1 Å². The van der Waals surface area contributed by atoms with Crippen LogP contribution in [0, 0.1) is 5.82 Å². The Balaban J connectivity index is 1.44. The lowest BCUT2D eigenvalue weighted by Crippen LogP contribution is -2.30. The third-order valence-corrected chi connectivity index (χ3v) is 5.46. The van der Waals surface area contributed by atoms with Gasteiger partial charge in [-0.1, -0.05) is 54.6 Å². The van der Waals surface area contributed by atoms with Gasteiger partial charge in [0.05, 0.1) is 0 Å². The van der Waals surface area contributed by atoms with Gasteiger partial charge in [0.1, 0.15) is 29.5 Å². The molecule has 1 aromatic heterocycles. The highest BCUT2D eigenvalue weighted by Crippen LogP contribution is 2.29. The number of para-hydroxylation sites is 1. The van der Waals surface area contributed by atoms with Crippen molar-refractivity contribution < 1.29 is 9.13 Å². The zero-order valence-electron chi connectivity index (χ0n) is 16.0. The topological polar surface area (TPSA) is 25.4 Å². The number of hydrogen-bond donors (Lipinski definition) is 0. The molecule has 144 valence electrons. The monoisotopic (exact) mass is 384 g/mol. The molecule has 4 heteroatoms. The van der Waals surface area contributed by atoms with Gasteiger partial charge in [0.15, 0.2) is 0 Å². The molecular formula is C25H21FN2O. The first kappa shape index (κ1) is 17.7. The molecule has 0 saturated carbocycles. The Labute approximate surface area is 169 Å². The number of nitrogens with zero attached hydrogens (tertiary/aromatic N) is 2. The fourth-order valence-electron chi connectivity index (χ4n) is 3.86. The molecule has 3 aromatic carbocycles. The zero-order valence-corrected chi connectivity index (χ0v) is 16.0. The van der Waals surface area contributed by atoms with E-state index in [-0.39, 0.29) is 12.4 Å². The van der Waals surface area contributed by atoms with Gasteiger partial charge in [-0.25, -0.2) is 9.37 Å². The third-order valence-electron chi connectivity index (χ3n) is 5.46. The van der Waals surface area contributed by atoms with Crippen LogP contribution in [0.25, 0.3) is 10.9 Å². The van der Waals surface area contributed by atoms with Crippen molar-refractivity contribution in [1.29, 1.82) is 0 Å². The van der Waals surface area contributed by atoms with Crippen molar-refractivity contribution in [2.75, 3.05) is 11.4 Å². The number of fused-ring (bicyclic) bond motifs is 2. The number of pyridine rings is 1. The van der Waals surface area contributed by atoms with Gasteiger partial charge in [-0.3, -0.25) is 0 Å². The summed E-state index contributed by atoms with van der Waals surface area (Å²) >= 11 is 0. The van der Waals surface area contributed by atoms with E-state index in [0.29, 0.717) is 11.3 Å². The molecule has 3 nitrogen and oxygen atoms in total. The van der Waals surface area contributed by atoms with E-state index in [2.05, 4.69) is 41.3 Å². The lowest BCUT2D eigenvalue weighted by Gasteiger charge is -2.30. The summed E-state index contributed by atoms with van der Waals surface area (Å²) in [6, 6.07) is 25.3. The average molecular weight is 384 g/mol. The van der Waals surface area contributed by atoms with Crippen molar-refractivity contribution in [3.05, 3.63) is 101 Å². The summed E-state index contributed by atoms with van der Waals surface area (Å²) in [7, 11) is 0. The van der Waals surface area contributed by atoms with E-state index in [0.717, 1.165) is 36.2 Å². The smallest absolute Gasteiger partial charge is 0.146 e. The normalized spacial score (nSPS) is 13.3. The third kappa shape index (κ3) is 3.54. The predicted octanol–water partition coefficient (Wildman–Crippen LogP) is 5.52. The maximum Gasteiger partial charge on any atom is 0.146 e. The SMILES string of the molecule is Fc1ccccc1COc1cccc2ccc(N3CCc4ccccc4C3)nc12. The van der Waals surface area contributed by atoms with E-state index in [1.165, 1.54) is 17.2 Å². The van der Waals surface area contributed by atoms with Crippen molar-refractivity contribution >= 4 is 16.7 Å². The van der Waals surface area contributed by atoms with Crippen LogP contribution in [0.3, 0.4) is 0 Å². The summed E-state index contributed by atoms with van der Waals surface area (Å²) in [4.78, 5) is 7.21. The molecule has 1 aliphatic heterocycles. The Morgan fingerprint density at radius 3 is 2.59 bits per heavy atom. The summed E-state index contributed by atoms with van der Waals surface area (Å²) in [5.74, 6) is 1.35. The number of anilines is 1. The predicted molar refractivity (Wildman–Crippen MR) is 114 cm³/mol. The number of ether oxygens (including phenoxy) is 1. The van der Waals surface area contributed by atoms with Gasteiger partial charge in [-0.05, 0) is 41.8 Å². The second kappa shape index (κ2) is 7.55. The zero-order chi connectivity index (χ0) is 19.6. The number of halogens is 1. The fourth-order valence-corrected chi connectivity index (χ4v) is 3.86. The summed E-state index contributed by atoms with van der Waals surface area (Å²) < 4.78 is 19.9. The quantitative estimate of drug-likeness (QED) is 0.463. The van der Waals surface area contributed by atoms with Crippen LogP contribution in [-0.2, 0) is 19.6 Å². The largest absolute Gasteiger partial charge is 0.487 e. The molecule has 0 radical (unpaired) electrons. The molecule has 0 saturated heterocycles. The highest BCUT2D eigenvalue weighted by Gasteiger charge is 2.18. The van der Waals surface area contributed by atoms with Crippen LogP contribution in [-0.4, -0.2) is 11.5 Å². The Morgan fingerprint density at radius 1 is 0.862 bits per heavy atom. The molecule has 0 bridgehead atoms. The molecular weight excluding hydrogens is 363 g/mol. The molecule has 1 aliphatic rings. The van der Waals surface area contributed by atoms with Gasteiger partial charge >= 0.3 is 0 Å². The number of rotatable bonds is 4. The molecule has 0 unspecified atom stereocenters. The molecule has 0 atom stereocenters. The minimum Gasteiger partial charge on any atom is -0.487 e. The van der Waals surface area contributed by atoms with E-state index < -0.39 is 0 Å². The number of aromatic nitrogens is 1. The van der Waals surface area contributed by atoms with Gasteiger partial charge < -0.3 is 9.64 Å². The maximum atomic E-state index is 13.9. The van der Waals surface area contributed by atoms with Crippen molar-refractivity contribution in [3.63, 3.8) is 0 Å². The molecule has 0 aliphatic carbocycles. The summed E-state index contributed by atoms with van der Waals surface area (Å²) in [6.07, 6.45) is 1.02. The highest BCUT2D eigenvalue weighted by molar-refractivity contribution is 5.86. The summed E-state index contributed by atoms with van der Waals surface area (Å²) in [5, 5.41) is 1.01. The first-order valence-electron chi connectivity index (χ1n) is 9.86. The second-order valence-electron chi connectivity index (χ2n) is 7.32. The lowest BCUT2D eigenvalue weighted by molar-refractivity contribution is 0.303. The van der Waals surface area contributed by atoms with Crippen LogP contribution >= 0.6 is 0 Å². The lowest BCUT2D eigenvalue weighted by atomic mass is 10.00. The van der Waals surface area contributed by atoms with E-state index in [1.807, 2.05) is 24.3 Å². The number of benzene rings is 3. The molecule has 0 N–H and O–H groups in total. The van der Waals surface area contributed by atoms with E-state index >= 15 is 0 Å². The Hall–Kier alpha value is -3.40.